The molecule has 1 rings (SSSR count). The summed E-state index contributed by atoms with van der Waals surface area (Å²) in [4.78, 5) is 0. The molecule has 1 aromatic rings. The lowest BCUT2D eigenvalue weighted by atomic mass is 9.99. The Hall–Kier alpha value is -0.340. The molecule has 0 aromatic heterocycles. The highest BCUT2D eigenvalue weighted by molar-refractivity contribution is 9.09. The zero-order valence-corrected chi connectivity index (χ0v) is 8.93. The fraction of sp³-hybridized carbons (Fsp3) is 0.400. The first-order chi connectivity index (χ1) is 5.66. The fourth-order valence-corrected chi connectivity index (χ4v) is 1.75. The van der Waals surface area contributed by atoms with Crippen LogP contribution in [-0.2, 0) is 0 Å². The maximum atomic E-state index is 9.64. The van der Waals surface area contributed by atoms with Crippen LogP contribution in [0, 0.1) is 13.8 Å². The number of aliphatic hydroxyl groups is 1. The molecule has 2 heteroatoms. The monoisotopic (exact) mass is 228 g/mol. The van der Waals surface area contributed by atoms with Crippen molar-refractivity contribution in [1.82, 2.24) is 0 Å². The van der Waals surface area contributed by atoms with Gasteiger partial charge in [-0.3, -0.25) is 0 Å². The largest absolute Gasteiger partial charge is 0.388 e. The molecular formula is C10H13BrO. The van der Waals surface area contributed by atoms with Crippen LogP contribution in [-0.4, -0.2) is 10.4 Å². The van der Waals surface area contributed by atoms with E-state index in [0.717, 1.165) is 16.7 Å². The number of alkyl halides is 1. The molecule has 1 aromatic carbocycles. The number of aliphatic hydroxyl groups excluding tert-OH is 1. The third-order valence-electron chi connectivity index (χ3n) is 2.02. The highest BCUT2D eigenvalue weighted by Gasteiger charge is 2.10. The van der Waals surface area contributed by atoms with Gasteiger partial charge in [0.15, 0.2) is 0 Å². The summed E-state index contributed by atoms with van der Waals surface area (Å²) in [5, 5.41) is 10.2. The van der Waals surface area contributed by atoms with E-state index in [9.17, 15) is 5.11 Å². The topological polar surface area (TPSA) is 20.2 Å². The molecule has 0 aliphatic heterocycles. The van der Waals surface area contributed by atoms with Crippen molar-refractivity contribution >= 4 is 15.9 Å². The van der Waals surface area contributed by atoms with E-state index in [-0.39, 0.29) is 6.10 Å². The lowest BCUT2D eigenvalue weighted by Gasteiger charge is -2.13. The van der Waals surface area contributed by atoms with Gasteiger partial charge in [0.05, 0.1) is 6.10 Å². The zero-order chi connectivity index (χ0) is 9.14. The predicted molar refractivity (Wildman–Crippen MR) is 54.7 cm³/mol. The number of halogens is 1. The molecule has 0 amide bonds. The van der Waals surface area contributed by atoms with Gasteiger partial charge in [-0.2, -0.15) is 0 Å². The van der Waals surface area contributed by atoms with Crippen molar-refractivity contribution in [3.05, 3.63) is 34.9 Å². The van der Waals surface area contributed by atoms with Crippen LogP contribution < -0.4 is 0 Å². The lowest BCUT2D eigenvalue weighted by molar-refractivity contribution is 0.204. The van der Waals surface area contributed by atoms with Gasteiger partial charge in [0, 0.05) is 5.33 Å². The number of rotatable bonds is 2. The maximum absolute atomic E-state index is 9.64. The minimum absolute atomic E-state index is 0.383. The van der Waals surface area contributed by atoms with E-state index in [1.165, 1.54) is 0 Å². The average Bonchev–Trinajstić information content (AvgIpc) is 2.03. The molecule has 0 heterocycles. The Morgan fingerprint density at radius 3 is 2.25 bits per heavy atom. The summed E-state index contributed by atoms with van der Waals surface area (Å²) >= 11 is 3.27. The smallest absolute Gasteiger partial charge is 0.0891 e. The average molecular weight is 229 g/mol. The van der Waals surface area contributed by atoms with Gasteiger partial charge in [0.25, 0.3) is 0 Å². The SMILES string of the molecule is Cc1cccc(C)c1C(O)CBr. The lowest BCUT2D eigenvalue weighted by Crippen LogP contribution is -2.03. The van der Waals surface area contributed by atoms with E-state index in [2.05, 4.69) is 15.9 Å². The molecule has 1 N–H and O–H groups in total. The van der Waals surface area contributed by atoms with E-state index in [4.69, 9.17) is 0 Å². The van der Waals surface area contributed by atoms with Crippen LogP contribution in [0.2, 0.25) is 0 Å². The second-order valence-electron chi connectivity index (χ2n) is 2.98. The Kier molecular flexibility index (Phi) is 3.29. The van der Waals surface area contributed by atoms with Crippen molar-refractivity contribution in [2.45, 2.75) is 20.0 Å². The van der Waals surface area contributed by atoms with Crippen molar-refractivity contribution in [2.75, 3.05) is 5.33 Å². The zero-order valence-electron chi connectivity index (χ0n) is 7.34. The van der Waals surface area contributed by atoms with Gasteiger partial charge in [-0.1, -0.05) is 34.1 Å². The molecule has 12 heavy (non-hydrogen) atoms. The molecule has 0 aliphatic carbocycles. The molecule has 0 fully saturated rings. The highest BCUT2D eigenvalue weighted by Crippen LogP contribution is 2.22. The number of hydrogen-bond donors (Lipinski definition) is 1. The van der Waals surface area contributed by atoms with Crippen molar-refractivity contribution in [3.8, 4) is 0 Å². The van der Waals surface area contributed by atoms with Gasteiger partial charge in [-0.05, 0) is 30.5 Å². The Morgan fingerprint density at radius 1 is 1.33 bits per heavy atom. The molecule has 1 unspecified atom stereocenters. The maximum Gasteiger partial charge on any atom is 0.0891 e. The molecule has 0 aliphatic rings. The standard InChI is InChI=1S/C10H13BrO/c1-7-4-3-5-8(2)10(7)9(12)6-11/h3-5,9,12H,6H2,1-2H3. The van der Waals surface area contributed by atoms with Gasteiger partial charge in [-0.15, -0.1) is 0 Å². The van der Waals surface area contributed by atoms with Crippen molar-refractivity contribution in [1.29, 1.82) is 0 Å². The number of aryl methyl sites for hydroxylation is 2. The molecule has 0 spiro atoms. The van der Waals surface area contributed by atoms with Crippen LogP contribution in [0.1, 0.15) is 22.8 Å². The van der Waals surface area contributed by atoms with Gasteiger partial charge in [0.1, 0.15) is 0 Å². The Bertz CT molecular complexity index is 250. The van der Waals surface area contributed by atoms with Crippen LogP contribution in [0.5, 0.6) is 0 Å². The van der Waals surface area contributed by atoms with E-state index in [1.807, 2.05) is 32.0 Å². The Labute approximate surface area is 81.6 Å². The van der Waals surface area contributed by atoms with E-state index >= 15 is 0 Å². The Balaban J connectivity index is 3.12. The third kappa shape index (κ3) is 1.87. The molecule has 0 bridgehead atoms. The molecule has 66 valence electrons. The van der Waals surface area contributed by atoms with Gasteiger partial charge >= 0.3 is 0 Å². The molecule has 1 atom stereocenters. The molecule has 1 nitrogen and oxygen atoms in total. The van der Waals surface area contributed by atoms with Crippen LogP contribution in [0.15, 0.2) is 18.2 Å². The minimum atomic E-state index is -0.383. The van der Waals surface area contributed by atoms with Gasteiger partial charge in [0.2, 0.25) is 0 Å². The summed E-state index contributed by atoms with van der Waals surface area (Å²) in [5.74, 6) is 0. The van der Waals surface area contributed by atoms with Crippen LogP contribution in [0.25, 0.3) is 0 Å². The first-order valence-corrected chi connectivity index (χ1v) is 5.09. The summed E-state index contributed by atoms with van der Waals surface area (Å²) < 4.78 is 0. The van der Waals surface area contributed by atoms with Crippen LogP contribution in [0.4, 0.5) is 0 Å². The Morgan fingerprint density at radius 2 is 1.83 bits per heavy atom. The fourth-order valence-electron chi connectivity index (χ4n) is 1.43. The van der Waals surface area contributed by atoms with E-state index in [1.54, 1.807) is 0 Å². The molecule has 0 saturated carbocycles. The van der Waals surface area contributed by atoms with E-state index in [0.29, 0.717) is 5.33 Å². The summed E-state index contributed by atoms with van der Waals surface area (Å²) in [6, 6.07) is 6.05. The van der Waals surface area contributed by atoms with Crippen molar-refractivity contribution in [2.24, 2.45) is 0 Å². The summed E-state index contributed by atoms with van der Waals surface area (Å²) in [6.07, 6.45) is -0.383. The molecule has 0 saturated heterocycles. The second-order valence-corrected chi connectivity index (χ2v) is 3.62. The third-order valence-corrected chi connectivity index (χ3v) is 2.63. The van der Waals surface area contributed by atoms with Gasteiger partial charge in [-0.25, -0.2) is 0 Å². The summed E-state index contributed by atoms with van der Waals surface area (Å²) in [6.45, 7) is 4.04. The minimum Gasteiger partial charge on any atom is -0.388 e. The highest BCUT2D eigenvalue weighted by atomic mass is 79.9. The van der Waals surface area contributed by atoms with Crippen LogP contribution in [0.3, 0.4) is 0 Å². The van der Waals surface area contributed by atoms with Crippen LogP contribution >= 0.6 is 15.9 Å². The van der Waals surface area contributed by atoms with Gasteiger partial charge < -0.3 is 5.11 Å². The quantitative estimate of drug-likeness (QED) is 0.773. The van der Waals surface area contributed by atoms with E-state index < -0.39 is 0 Å². The number of hydrogen-bond acceptors (Lipinski definition) is 1. The summed E-state index contributed by atoms with van der Waals surface area (Å²) in [7, 11) is 0. The summed E-state index contributed by atoms with van der Waals surface area (Å²) in [5.41, 5.74) is 3.36. The number of benzene rings is 1. The molecular weight excluding hydrogens is 216 g/mol. The first-order valence-electron chi connectivity index (χ1n) is 3.97. The van der Waals surface area contributed by atoms with Crippen molar-refractivity contribution < 1.29 is 5.11 Å². The second kappa shape index (κ2) is 4.06. The first kappa shape index (κ1) is 9.75. The predicted octanol–water partition coefficient (Wildman–Crippen LogP) is 2.73. The van der Waals surface area contributed by atoms with Crippen molar-refractivity contribution in [3.63, 3.8) is 0 Å². The molecule has 0 radical (unpaired) electrons. The normalized spacial score (nSPS) is 13.0.